The van der Waals surface area contributed by atoms with Crippen LogP contribution in [0.4, 0.5) is 10.1 Å². The minimum atomic E-state index is -1.82. The van der Waals surface area contributed by atoms with Crippen molar-refractivity contribution >= 4 is 29.4 Å². The lowest BCUT2D eigenvalue weighted by Gasteiger charge is -2.32. The molecule has 1 aliphatic rings. The first-order chi connectivity index (χ1) is 18.6. The van der Waals surface area contributed by atoms with Crippen molar-refractivity contribution in [1.29, 1.82) is 0 Å². The average Bonchev–Trinajstić information content (AvgIpc) is 2.94. The van der Waals surface area contributed by atoms with Crippen LogP contribution in [0, 0.1) is 5.82 Å². The zero-order valence-corrected chi connectivity index (χ0v) is 21.2. The minimum absolute atomic E-state index is 0.0324. The number of benzene rings is 2. The van der Waals surface area contributed by atoms with E-state index in [9.17, 15) is 14.0 Å². The summed E-state index contributed by atoms with van der Waals surface area (Å²) in [7, 11) is 1.65. The quantitative estimate of drug-likeness (QED) is 0.457. The predicted molar refractivity (Wildman–Crippen MR) is 139 cm³/mol. The minimum Gasteiger partial charge on any atom is -0.490 e. The Labute approximate surface area is 224 Å². The van der Waals surface area contributed by atoms with Crippen molar-refractivity contribution in [2.24, 2.45) is 0 Å². The normalized spacial score (nSPS) is 13.0. The number of aliphatic carboxylic acids is 2. The second kappa shape index (κ2) is 13.7. The van der Waals surface area contributed by atoms with Gasteiger partial charge in [-0.25, -0.2) is 14.0 Å². The van der Waals surface area contributed by atoms with Gasteiger partial charge in [0, 0.05) is 56.6 Å². The van der Waals surface area contributed by atoms with Crippen LogP contribution in [0.15, 0.2) is 73.1 Å². The molecule has 1 saturated heterocycles. The zero-order chi connectivity index (χ0) is 28.4. The lowest BCUT2D eigenvalue weighted by Crippen LogP contribution is -2.42. The van der Waals surface area contributed by atoms with Crippen LogP contribution in [0.2, 0.25) is 0 Å². The molecule has 1 aliphatic heterocycles. The summed E-state index contributed by atoms with van der Waals surface area (Å²) in [4.78, 5) is 50.7. The third-order valence-corrected chi connectivity index (χ3v) is 5.96. The predicted octanol–water partition coefficient (Wildman–Crippen LogP) is 3.27. The number of nitrogens with zero attached hydrogens (tertiary/aromatic N) is 3. The molecule has 39 heavy (non-hydrogen) atoms. The fraction of sp³-hybridized carbons (Fsp3) is 0.250. The Balaban J connectivity index is 0.000000631. The van der Waals surface area contributed by atoms with E-state index in [1.807, 2.05) is 29.2 Å². The van der Waals surface area contributed by atoms with E-state index >= 15 is 0 Å². The molecule has 204 valence electrons. The Hall–Kier alpha value is -4.80. The van der Waals surface area contributed by atoms with Crippen LogP contribution in [0.5, 0.6) is 5.75 Å². The molecule has 0 bridgehead atoms. The highest BCUT2D eigenvalue weighted by Gasteiger charge is 2.24. The second-order valence-corrected chi connectivity index (χ2v) is 8.71. The molecule has 11 heteroatoms. The first-order valence-electron chi connectivity index (χ1n) is 12.1. The van der Waals surface area contributed by atoms with Gasteiger partial charge in [0.2, 0.25) is 5.91 Å². The van der Waals surface area contributed by atoms with Crippen molar-refractivity contribution in [2.45, 2.75) is 25.4 Å². The largest absolute Gasteiger partial charge is 0.490 e. The molecule has 2 amide bonds. The Morgan fingerprint density at radius 1 is 1.00 bits per heavy atom. The van der Waals surface area contributed by atoms with Crippen LogP contribution in [0.3, 0.4) is 0 Å². The molecule has 0 spiro atoms. The topological polar surface area (TPSA) is 137 Å². The fourth-order valence-electron chi connectivity index (χ4n) is 3.89. The molecule has 1 aromatic heterocycles. The van der Waals surface area contributed by atoms with E-state index in [4.69, 9.17) is 24.5 Å². The highest BCUT2D eigenvalue weighted by molar-refractivity contribution is 6.27. The highest BCUT2D eigenvalue weighted by atomic mass is 19.1. The van der Waals surface area contributed by atoms with Gasteiger partial charge < -0.3 is 24.7 Å². The number of hydrogen-bond acceptors (Lipinski definition) is 6. The maximum Gasteiger partial charge on any atom is 0.414 e. The SMILES string of the molecule is CN(C(=O)c1cccc(F)c1)c1ccc(OC2CCN(C(=O)Cc3cccnc3)CC2)cc1.O=C(O)C(=O)O. The average molecular weight is 538 g/mol. The summed E-state index contributed by atoms with van der Waals surface area (Å²) in [5.74, 6) is -3.55. The molecule has 0 radical (unpaired) electrons. The number of carbonyl (C=O) groups is 4. The standard InChI is InChI=1S/C26H26FN3O3.C2H2O4/c1-29(26(32)20-5-2-6-21(27)17-20)22-7-9-23(10-8-22)33-24-11-14-30(15-12-24)25(31)16-19-4-3-13-28-18-19;3-1(4)2(5)6/h2-10,13,17-18,24H,11-12,14-16H2,1H3;(H,3,4)(H,5,6). The summed E-state index contributed by atoms with van der Waals surface area (Å²) in [5.41, 5.74) is 1.90. The molecular formula is C28H28FN3O7. The Morgan fingerprint density at radius 2 is 1.67 bits per heavy atom. The van der Waals surface area contributed by atoms with Gasteiger partial charge in [-0.1, -0.05) is 12.1 Å². The number of carboxylic acids is 2. The number of piperidine rings is 1. The number of rotatable bonds is 6. The smallest absolute Gasteiger partial charge is 0.414 e. The van der Waals surface area contributed by atoms with E-state index in [0.717, 1.165) is 18.4 Å². The molecule has 10 nitrogen and oxygen atoms in total. The summed E-state index contributed by atoms with van der Waals surface area (Å²) < 4.78 is 19.5. The molecule has 0 aliphatic carbocycles. The number of likely N-dealkylation sites (tertiary alicyclic amines) is 1. The molecule has 2 heterocycles. The van der Waals surface area contributed by atoms with Gasteiger partial charge in [-0.3, -0.25) is 14.6 Å². The van der Waals surface area contributed by atoms with Gasteiger partial charge in [-0.2, -0.15) is 0 Å². The number of carbonyl (C=O) groups excluding carboxylic acids is 2. The molecule has 2 N–H and O–H groups in total. The third-order valence-electron chi connectivity index (χ3n) is 5.96. The maximum absolute atomic E-state index is 13.4. The molecule has 3 aromatic rings. The number of pyridine rings is 1. The monoisotopic (exact) mass is 537 g/mol. The summed E-state index contributed by atoms with van der Waals surface area (Å²) in [6.45, 7) is 1.32. The van der Waals surface area contributed by atoms with Gasteiger partial charge in [0.25, 0.3) is 5.91 Å². The number of aromatic nitrogens is 1. The summed E-state index contributed by atoms with van der Waals surface area (Å²) in [5, 5.41) is 14.8. The Bertz CT molecular complexity index is 1280. The molecule has 1 fully saturated rings. The summed E-state index contributed by atoms with van der Waals surface area (Å²) in [6, 6.07) is 16.6. The lowest BCUT2D eigenvalue weighted by atomic mass is 10.1. The van der Waals surface area contributed by atoms with Gasteiger partial charge in [-0.05, 0) is 54.1 Å². The molecule has 0 unspecified atom stereocenters. The molecule has 4 rings (SSSR count). The van der Waals surface area contributed by atoms with Crippen molar-refractivity contribution in [3.63, 3.8) is 0 Å². The fourth-order valence-corrected chi connectivity index (χ4v) is 3.89. The Kier molecular flexibility index (Phi) is 10.1. The number of amides is 2. The van der Waals surface area contributed by atoms with Crippen LogP contribution >= 0.6 is 0 Å². The number of anilines is 1. The zero-order valence-electron chi connectivity index (χ0n) is 21.2. The third kappa shape index (κ3) is 8.63. The number of ether oxygens (including phenoxy) is 1. The summed E-state index contributed by atoms with van der Waals surface area (Å²) >= 11 is 0. The van der Waals surface area contributed by atoms with E-state index in [1.54, 1.807) is 37.6 Å². The molecule has 0 atom stereocenters. The van der Waals surface area contributed by atoms with Crippen LogP contribution in [0.25, 0.3) is 0 Å². The van der Waals surface area contributed by atoms with Crippen LogP contribution in [-0.2, 0) is 20.8 Å². The molecule has 0 saturated carbocycles. The van der Waals surface area contributed by atoms with Crippen molar-refractivity contribution in [3.05, 3.63) is 90.0 Å². The first-order valence-corrected chi connectivity index (χ1v) is 12.1. The van der Waals surface area contributed by atoms with Gasteiger partial charge in [0.05, 0.1) is 6.42 Å². The van der Waals surface area contributed by atoms with Gasteiger partial charge >= 0.3 is 11.9 Å². The van der Waals surface area contributed by atoms with Crippen molar-refractivity contribution < 1.29 is 38.5 Å². The number of carboxylic acid groups (broad SMARTS) is 2. The van der Waals surface area contributed by atoms with E-state index in [0.29, 0.717) is 36.5 Å². The lowest BCUT2D eigenvalue weighted by molar-refractivity contribution is -0.159. The van der Waals surface area contributed by atoms with Gasteiger partial charge in [-0.15, -0.1) is 0 Å². The van der Waals surface area contributed by atoms with Crippen LogP contribution in [-0.4, -0.2) is 70.1 Å². The van der Waals surface area contributed by atoms with E-state index in [1.165, 1.54) is 23.1 Å². The van der Waals surface area contributed by atoms with Gasteiger partial charge in [0.1, 0.15) is 17.7 Å². The van der Waals surface area contributed by atoms with Crippen molar-refractivity contribution in [3.8, 4) is 5.75 Å². The molecular weight excluding hydrogens is 509 g/mol. The van der Waals surface area contributed by atoms with Crippen molar-refractivity contribution in [2.75, 3.05) is 25.0 Å². The van der Waals surface area contributed by atoms with Crippen LogP contribution in [0.1, 0.15) is 28.8 Å². The first kappa shape index (κ1) is 28.8. The van der Waals surface area contributed by atoms with Crippen molar-refractivity contribution in [1.82, 2.24) is 9.88 Å². The Morgan fingerprint density at radius 3 is 2.23 bits per heavy atom. The number of halogens is 1. The van der Waals surface area contributed by atoms with E-state index in [-0.39, 0.29) is 17.9 Å². The summed E-state index contributed by atoms with van der Waals surface area (Å²) in [6.07, 6.45) is 5.34. The number of hydrogen-bond donors (Lipinski definition) is 2. The molecule has 2 aromatic carbocycles. The second-order valence-electron chi connectivity index (χ2n) is 8.71. The highest BCUT2D eigenvalue weighted by Crippen LogP contribution is 2.24. The van der Waals surface area contributed by atoms with Gasteiger partial charge in [0.15, 0.2) is 0 Å². The van der Waals surface area contributed by atoms with E-state index in [2.05, 4.69) is 4.98 Å². The van der Waals surface area contributed by atoms with E-state index < -0.39 is 17.8 Å². The maximum atomic E-state index is 13.4. The van der Waals surface area contributed by atoms with Crippen LogP contribution < -0.4 is 9.64 Å².